The Balaban J connectivity index is 1.95. The highest BCUT2D eigenvalue weighted by atomic mass is 16.5. The summed E-state index contributed by atoms with van der Waals surface area (Å²) >= 11 is 0. The summed E-state index contributed by atoms with van der Waals surface area (Å²) in [4.78, 5) is 17.0. The molecule has 3 heterocycles. The van der Waals surface area contributed by atoms with Crippen molar-refractivity contribution in [3.63, 3.8) is 0 Å². The van der Waals surface area contributed by atoms with Crippen LogP contribution in [0.25, 0.3) is 6.08 Å². The van der Waals surface area contributed by atoms with E-state index >= 15 is 0 Å². The summed E-state index contributed by atoms with van der Waals surface area (Å²) < 4.78 is 5.11. The van der Waals surface area contributed by atoms with Crippen molar-refractivity contribution in [2.24, 2.45) is 5.10 Å². The fraction of sp³-hybridized carbons (Fsp3) is 0.389. The molecule has 4 N–H and O–H groups in total. The van der Waals surface area contributed by atoms with E-state index in [1.165, 1.54) is 6.20 Å². The van der Waals surface area contributed by atoms with Crippen LogP contribution >= 0.6 is 0 Å². The average molecular weight is 373 g/mol. The summed E-state index contributed by atoms with van der Waals surface area (Å²) in [6, 6.07) is 1.63. The van der Waals surface area contributed by atoms with Gasteiger partial charge < -0.3 is 19.7 Å². The van der Waals surface area contributed by atoms with Gasteiger partial charge in [-0.25, -0.2) is 10.3 Å². The SMILES string of the molecule is Cc1[nH]c(C=C2C(=O)NN=C2c2ccno2)c(C)c1CN(C(C)O)C(C)O. The van der Waals surface area contributed by atoms with Crippen molar-refractivity contribution < 1.29 is 19.5 Å². The van der Waals surface area contributed by atoms with E-state index in [-0.39, 0.29) is 5.91 Å². The number of hydrogen-bond donors (Lipinski definition) is 4. The molecular formula is C18H23N5O4. The number of hydrogen-bond acceptors (Lipinski definition) is 7. The molecule has 2 aromatic rings. The Kier molecular flexibility index (Phi) is 5.26. The minimum Gasteiger partial charge on any atom is -0.379 e. The van der Waals surface area contributed by atoms with Crippen LogP contribution in [-0.2, 0) is 11.3 Å². The van der Waals surface area contributed by atoms with Crippen molar-refractivity contribution in [2.45, 2.75) is 46.7 Å². The second kappa shape index (κ2) is 7.47. The monoisotopic (exact) mass is 373 g/mol. The van der Waals surface area contributed by atoms with Crippen molar-refractivity contribution in [3.8, 4) is 0 Å². The smallest absolute Gasteiger partial charge is 0.273 e. The molecule has 0 spiro atoms. The van der Waals surface area contributed by atoms with E-state index in [2.05, 4.69) is 20.7 Å². The summed E-state index contributed by atoms with van der Waals surface area (Å²) in [5, 5.41) is 27.5. The molecule has 0 aliphatic carbocycles. The largest absolute Gasteiger partial charge is 0.379 e. The standard InChI is InChI=1S/C18H23N5O4/c1-9-14(8-23(11(3)24)12(4)25)10(2)20-15(9)7-13-17(21-22-18(13)26)16-5-6-19-27-16/h5-7,11-12,20,24-25H,8H2,1-4H3,(H,22,26). The Morgan fingerprint density at radius 1 is 1.30 bits per heavy atom. The van der Waals surface area contributed by atoms with Gasteiger partial charge in [0.15, 0.2) is 5.76 Å². The molecule has 2 aromatic heterocycles. The van der Waals surface area contributed by atoms with Crippen LogP contribution in [0.2, 0.25) is 0 Å². The third-order valence-electron chi connectivity index (χ3n) is 4.66. The minimum atomic E-state index is -0.800. The maximum absolute atomic E-state index is 12.2. The lowest BCUT2D eigenvalue weighted by atomic mass is 10.0. The van der Waals surface area contributed by atoms with Gasteiger partial charge in [-0.1, -0.05) is 5.16 Å². The van der Waals surface area contributed by atoms with Crippen molar-refractivity contribution in [3.05, 3.63) is 46.1 Å². The highest BCUT2D eigenvalue weighted by Gasteiger charge is 2.27. The molecule has 27 heavy (non-hydrogen) atoms. The maximum Gasteiger partial charge on any atom is 0.273 e. The first kappa shape index (κ1) is 19.0. The van der Waals surface area contributed by atoms with Crippen molar-refractivity contribution in [1.82, 2.24) is 20.5 Å². The molecular weight excluding hydrogens is 350 g/mol. The van der Waals surface area contributed by atoms with Crippen LogP contribution in [0.3, 0.4) is 0 Å². The highest BCUT2D eigenvalue weighted by Crippen LogP contribution is 2.25. The quantitative estimate of drug-likeness (QED) is 0.442. The zero-order valence-corrected chi connectivity index (χ0v) is 15.6. The van der Waals surface area contributed by atoms with E-state index in [4.69, 9.17) is 4.52 Å². The second-order valence-corrected chi connectivity index (χ2v) is 6.54. The predicted octanol–water partition coefficient (Wildman–Crippen LogP) is 1.02. The van der Waals surface area contributed by atoms with E-state index in [1.807, 2.05) is 13.8 Å². The van der Waals surface area contributed by atoms with E-state index in [9.17, 15) is 15.0 Å². The third kappa shape index (κ3) is 3.70. The number of carbonyl (C=O) groups is 1. The first-order valence-corrected chi connectivity index (χ1v) is 8.60. The number of aromatic nitrogens is 2. The molecule has 1 aliphatic rings. The van der Waals surface area contributed by atoms with Gasteiger partial charge in [-0.2, -0.15) is 5.10 Å². The first-order chi connectivity index (χ1) is 12.8. The Morgan fingerprint density at radius 2 is 2.00 bits per heavy atom. The summed E-state index contributed by atoms with van der Waals surface area (Å²) in [5.74, 6) is 0.0688. The Labute approximate surface area is 156 Å². The lowest BCUT2D eigenvalue weighted by Crippen LogP contribution is -2.39. The number of nitrogens with zero attached hydrogens (tertiary/aromatic N) is 3. The Morgan fingerprint density at radius 3 is 2.59 bits per heavy atom. The number of hydrazone groups is 1. The number of nitrogens with one attached hydrogen (secondary N) is 2. The van der Waals surface area contributed by atoms with Crippen molar-refractivity contribution in [1.29, 1.82) is 0 Å². The lowest BCUT2D eigenvalue weighted by molar-refractivity contribution is -0.116. The van der Waals surface area contributed by atoms with Crippen molar-refractivity contribution in [2.75, 3.05) is 0 Å². The number of amides is 1. The molecule has 9 heteroatoms. The average Bonchev–Trinajstić information content (AvgIpc) is 3.29. The molecule has 9 nitrogen and oxygen atoms in total. The minimum absolute atomic E-state index is 0.329. The molecule has 0 bridgehead atoms. The normalized spacial score (nSPS) is 18.1. The number of rotatable bonds is 6. The summed E-state index contributed by atoms with van der Waals surface area (Å²) in [6.45, 7) is 7.41. The van der Waals surface area contributed by atoms with Gasteiger partial charge in [0, 0.05) is 24.0 Å². The molecule has 1 aliphatic heterocycles. The van der Waals surface area contributed by atoms with Crippen LogP contribution < -0.4 is 5.43 Å². The number of aromatic amines is 1. The third-order valence-corrected chi connectivity index (χ3v) is 4.66. The van der Waals surface area contributed by atoms with Crippen LogP contribution in [0.5, 0.6) is 0 Å². The molecule has 0 saturated carbocycles. The number of aliphatic hydroxyl groups is 2. The van der Waals surface area contributed by atoms with E-state index in [1.54, 1.807) is 30.9 Å². The van der Waals surface area contributed by atoms with E-state index < -0.39 is 12.5 Å². The van der Waals surface area contributed by atoms with Crippen LogP contribution in [0.1, 0.15) is 42.1 Å². The highest BCUT2D eigenvalue weighted by molar-refractivity contribution is 6.32. The fourth-order valence-electron chi connectivity index (χ4n) is 3.09. The number of carbonyl (C=O) groups excluding carboxylic acids is 1. The first-order valence-electron chi connectivity index (χ1n) is 8.60. The van der Waals surface area contributed by atoms with Gasteiger partial charge in [0.25, 0.3) is 5.91 Å². The number of aryl methyl sites for hydroxylation is 1. The van der Waals surface area contributed by atoms with Crippen LogP contribution in [0, 0.1) is 13.8 Å². The van der Waals surface area contributed by atoms with Crippen molar-refractivity contribution >= 4 is 17.7 Å². The lowest BCUT2D eigenvalue weighted by Gasteiger charge is -2.28. The van der Waals surface area contributed by atoms with E-state index in [0.29, 0.717) is 23.6 Å². The predicted molar refractivity (Wildman–Crippen MR) is 98.3 cm³/mol. The van der Waals surface area contributed by atoms with Crippen LogP contribution in [0.4, 0.5) is 0 Å². The molecule has 3 rings (SSSR count). The summed E-state index contributed by atoms with van der Waals surface area (Å²) in [5.41, 5.74) is 6.69. The molecule has 0 radical (unpaired) electrons. The van der Waals surface area contributed by atoms with Gasteiger partial charge >= 0.3 is 0 Å². The molecule has 144 valence electrons. The number of aliphatic hydroxyl groups excluding tert-OH is 2. The van der Waals surface area contributed by atoms with Gasteiger partial charge in [-0.15, -0.1) is 0 Å². The molecule has 2 atom stereocenters. The molecule has 2 unspecified atom stereocenters. The van der Waals surface area contributed by atoms with Crippen LogP contribution in [0.15, 0.2) is 27.5 Å². The van der Waals surface area contributed by atoms with E-state index in [0.717, 1.165) is 22.5 Å². The Hall–Kier alpha value is -2.75. The number of H-pyrrole nitrogens is 1. The molecule has 0 saturated heterocycles. The Bertz CT molecular complexity index is 885. The van der Waals surface area contributed by atoms with Gasteiger partial charge in [0.05, 0.1) is 11.8 Å². The zero-order chi connectivity index (χ0) is 19.7. The fourth-order valence-corrected chi connectivity index (χ4v) is 3.09. The van der Waals surface area contributed by atoms with Gasteiger partial charge in [0.2, 0.25) is 0 Å². The topological polar surface area (TPSA) is 127 Å². The van der Waals surface area contributed by atoms with Crippen LogP contribution in [-0.4, -0.2) is 49.3 Å². The summed E-state index contributed by atoms with van der Waals surface area (Å²) in [6.07, 6.45) is 1.60. The molecule has 1 amide bonds. The molecule has 0 aromatic carbocycles. The maximum atomic E-state index is 12.2. The van der Waals surface area contributed by atoms with Gasteiger partial charge in [0.1, 0.15) is 18.2 Å². The second-order valence-electron chi connectivity index (χ2n) is 6.54. The van der Waals surface area contributed by atoms with Gasteiger partial charge in [-0.05, 0) is 44.9 Å². The summed E-state index contributed by atoms with van der Waals surface area (Å²) in [7, 11) is 0. The molecule has 0 fully saturated rings. The van der Waals surface area contributed by atoms with Gasteiger partial charge in [-0.3, -0.25) is 4.79 Å². The zero-order valence-electron chi connectivity index (χ0n) is 15.6.